The van der Waals surface area contributed by atoms with Gasteiger partial charge in [0.1, 0.15) is 0 Å². The van der Waals surface area contributed by atoms with E-state index in [-0.39, 0.29) is 11.3 Å². The molecule has 0 aromatic carbocycles. The normalized spacial score (nSPS) is 22.6. The largest absolute Gasteiger partial charge is 0.353 e. The predicted octanol–water partition coefficient (Wildman–Crippen LogP) is 1.59. The number of hydrogen-bond acceptors (Lipinski definition) is 4. The Bertz CT molecular complexity index is 519. The molecule has 0 saturated carbocycles. The van der Waals surface area contributed by atoms with Gasteiger partial charge in [-0.3, -0.25) is 0 Å². The third-order valence-electron chi connectivity index (χ3n) is 3.18. The van der Waals surface area contributed by atoms with E-state index in [0.717, 1.165) is 24.5 Å². The fourth-order valence-electron chi connectivity index (χ4n) is 2.34. The topological polar surface area (TPSA) is 64.0 Å². The minimum Gasteiger partial charge on any atom is -0.353 e. The fraction of sp³-hybridized carbons (Fsp3) is 0.750. The summed E-state index contributed by atoms with van der Waals surface area (Å²) in [5.41, 5.74) is 0.911. The van der Waals surface area contributed by atoms with Gasteiger partial charge in [-0.05, 0) is 33.6 Å². The van der Waals surface area contributed by atoms with Gasteiger partial charge in [0.05, 0.1) is 16.7 Å². The van der Waals surface area contributed by atoms with Crippen molar-refractivity contribution in [2.24, 2.45) is 0 Å². The molecule has 2 heterocycles. The smallest absolute Gasteiger partial charge is 0.203 e. The van der Waals surface area contributed by atoms with E-state index in [2.05, 4.69) is 10.3 Å². The molecular weight excluding hydrogens is 250 g/mol. The number of nitrogens with one attached hydrogen (secondary N) is 1. The average molecular weight is 271 g/mol. The summed E-state index contributed by atoms with van der Waals surface area (Å²) in [6.45, 7) is 6.52. The molecular formula is C12H21N3O2S. The van der Waals surface area contributed by atoms with Gasteiger partial charge in [-0.1, -0.05) is 0 Å². The summed E-state index contributed by atoms with van der Waals surface area (Å²) in [4.78, 5) is 4.40. The Morgan fingerprint density at radius 1 is 1.56 bits per heavy atom. The molecule has 6 heteroatoms. The molecule has 1 aromatic rings. The van der Waals surface area contributed by atoms with Crippen LogP contribution in [0.2, 0.25) is 0 Å². The first-order valence-corrected chi connectivity index (χ1v) is 8.12. The maximum Gasteiger partial charge on any atom is 0.203 e. The zero-order chi connectivity index (χ0) is 13.3. The van der Waals surface area contributed by atoms with Gasteiger partial charge in [0.25, 0.3) is 0 Å². The summed E-state index contributed by atoms with van der Waals surface area (Å²) in [5.74, 6) is 1.10. The first-order valence-electron chi connectivity index (χ1n) is 6.40. The van der Waals surface area contributed by atoms with Crippen molar-refractivity contribution in [1.29, 1.82) is 0 Å². The molecule has 0 amide bonds. The van der Waals surface area contributed by atoms with Crippen molar-refractivity contribution < 1.29 is 8.42 Å². The van der Waals surface area contributed by atoms with Crippen molar-refractivity contribution in [3.05, 3.63) is 11.9 Å². The number of nitrogens with zero attached hydrogens (tertiary/aromatic N) is 2. The molecule has 1 unspecified atom stereocenters. The van der Waals surface area contributed by atoms with Crippen molar-refractivity contribution in [2.45, 2.75) is 51.4 Å². The molecule has 0 spiro atoms. The van der Waals surface area contributed by atoms with Gasteiger partial charge in [0, 0.05) is 18.8 Å². The van der Waals surface area contributed by atoms with Gasteiger partial charge in [-0.25, -0.2) is 13.4 Å². The number of hydrogen-bond donors (Lipinski definition) is 1. The second kappa shape index (κ2) is 4.91. The molecule has 1 N–H and O–H groups in total. The number of rotatable bonds is 4. The van der Waals surface area contributed by atoms with Crippen molar-refractivity contribution in [2.75, 3.05) is 11.1 Å². The van der Waals surface area contributed by atoms with Crippen LogP contribution in [0.3, 0.4) is 0 Å². The third-order valence-corrected chi connectivity index (χ3v) is 5.44. The molecule has 1 fully saturated rings. The first kappa shape index (κ1) is 13.4. The monoisotopic (exact) mass is 271 g/mol. The van der Waals surface area contributed by atoms with Crippen LogP contribution in [0, 0.1) is 6.92 Å². The summed E-state index contributed by atoms with van der Waals surface area (Å²) in [5, 5.41) is 3.00. The molecule has 0 aliphatic carbocycles. The Morgan fingerprint density at radius 2 is 2.28 bits per heavy atom. The summed E-state index contributed by atoms with van der Waals surface area (Å²) in [7, 11) is -2.90. The van der Waals surface area contributed by atoms with E-state index >= 15 is 0 Å². The van der Waals surface area contributed by atoms with Gasteiger partial charge < -0.3 is 9.88 Å². The van der Waals surface area contributed by atoms with Crippen molar-refractivity contribution in [3.63, 3.8) is 0 Å². The zero-order valence-electron chi connectivity index (χ0n) is 11.2. The highest BCUT2D eigenvalue weighted by Gasteiger charge is 2.31. The lowest BCUT2D eigenvalue weighted by molar-refractivity contribution is 0.566. The second-order valence-electron chi connectivity index (χ2n) is 5.29. The Balaban J connectivity index is 2.18. The number of aromatic nitrogens is 2. The van der Waals surface area contributed by atoms with Crippen LogP contribution in [-0.4, -0.2) is 35.0 Å². The van der Waals surface area contributed by atoms with Gasteiger partial charge in [0.15, 0.2) is 9.84 Å². The molecule has 18 heavy (non-hydrogen) atoms. The summed E-state index contributed by atoms with van der Waals surface area (Å²) in [6.07, 6.45) is 3.47. The minimum absolute atomic E-state index is 0.251. The highest BCUT2D eigenvalue weighted by atomic mass is 32.2. The standard InChI is InChI=1S/C12H21N3O2S/c1-9(2)13-12-14-10(3)7-15(12)8-11-5-4-6-18(11,16)17/h7,9,11H,4-6,8H2,1-3H3,(H,13,14). The molecule has 1 aliphatic heterocycles. The maximum absolute atomic E-state index is 11.9. The van der Waals surface area contributed by atoms with Crippen LogP contribution in [0.15, 0.2) is 6.20 Å². The minimum atomic E-state index is -2.90. The fourth-order valence-corrected chi connectivity index (χ4v) is 4.16. The van der Waals surface area contributed by atoms with E-state index < -0.39 is 9.84 Å². The van der Waals surface area contributed by atoms with E-state index in [9.17, 15) is 8.42 Å². The van der Waals surface area contributed by atoms with E-state index in [1.807, 2.05) is 31.5 Å². The SMILES string of the molecule is Cc1cn(CC2CCCS2(=O)=O)c(NC(C)C)n1. The lowest BCUT2D eigenvalue weighted by Crippen LogP contribution is -2.24. The molecule has 0 radical (unpaired) electrons. The Hall–Kier alpha value is -1.04. The molecule has 5 nitrogen and oxygen atoms in total. The van der Waals surface area contributed by atoms with Crippen LogP contribution in [0.25, 0.3) is 0 Å². The quantitative estimate of drug-likeness (QED) is 0.903. The lowest BCUT2D eigenvalue weighted by Gasteiger charge is -2.15. The zero-order valence-corrected chi connectivity index (χ0v) is 12.0. The molecule has 0 bridgehead atoms. The average Bonchev–Trinajstić information content (AvgIpc) is 2.71. The molecule has 102 valence electrons. The first-order chi connectivity index (χ1) is 8.38. The Morgan fingerprint density at radius 3 is 2.83 bits per heavy atom. The van der Waals surface area contributed by atoms with Gasteiger partial charge in [-0.2, -0.15) is 0 Å². The van der Waals surface area contributed by atoms with Gasteiger partial charge in [0.2, 0.25) is 5.95 Å². The van der Waals surface area contributed by atoms with Crippen LogP contribution < -0.4 is 5.32 Å². The third kappa shape index (κ3) is 2.85. The second-order valence-corrected chi connectivity index (χ2v) is 7.69. The van der Waals surface area contributed by atoms with Crippen molar-refractivity contribution >= 4 is 15.8 Å². The number of imidazole rings is 1. The van der Waals surface area contributed by atoms with Crippen LogP contribution >= 0.6 is 0 Å². The van der Waals surface area contributed by atoms with Crippen LogP contribution in [0.1, 0.15) is 32.4 Å². The molecule has 1 aromatic heterocycles. The van der Waals surface area contributed by atoms with Crippen molar-refractivity contribution in [1.82, 2.24) is 9.55 Å². The lowest BCUT2D eigenvalue weighted by atomic mass is 10.2. The maximum atomic E-state index is 11.9. The number of anilines is 1. The molecule has 1 atom stereocenters. The van der Waals surface area contributed by atoms with Crippen LogP contribution in [0.4, 0.5) is 5.95 Å². The van der Waals surface area contributed by atoms with Crippen molar-refractivity contribution in [3.8, 4) is 0 Å². The van der Waals surface area contributed by atoms with Gasteiger partial charge in [-0.15, -0.1) is 0 Å². The highest BCUT2D eigenvalue weighted by Crippen LogP contribution is 2.23. The highest BCUT2D eigenvalue weighted by molar-refractivity contribution is 7.92. The van der Waals surface area contributed by atoms with Gasteiger partial charge >= 0.3 is 0 Å². The Labute approximate surface area is 109 Å². The van der Waals surface area contributed by atoms with Crippen LogP contribution in [-0.2, 0) is 16.4 Å². The van der Waals surface area contributed by atoms with E-state index in [4.69, 9.17) is 0 Å². The molecule has 2 rings (SSSR count). The van der Waals surface area contributed by atoms with E-state index in [1.54, 1.807) is 0 Å². The molecule has 1 aliphatic rings. The van der Waals surface area contributed by atoms with E-state index in [1.165, 1.54) is 0 Å². The Kier molecular flexibility index (Phi) is 3.66. The summed E-state index contributed by atoms with van der Waals surface area (Å²) < 4.78 is 25.6. The number of sulfone groups is 1. The molecule has 1 saturated heterocycles. The van der Waals surface area contributed by atoms with E-state index in [0.29, 0.717) is 12.3 Å². The summed E-state index contributed by atoms with van der Waals surface area (Å²) in [6, 6.07) is 0.283. The summed E-state index contributed by atoms with van der Waals surface area (Å²) >= 11 is 0. The van der Waals surface area contributed by atoms with Crippen LogP contribution in [0.5, 0.6) is 0 Å². The predicted molar refractivity (Wildman–Crippen MR) is 72.5 cm³/mol. The number of aryl methyl sites for hydroxylation is 1.